The molecule has 19 heavy (non-hydrogen) atoms. The molecule has 0 spiro atoms. The van der Waals surface area contributed by atoms with Crippen LogP contribution in [0.3, 0.4) is 0 Å². The number of aromatic nitrogens is 1. The number of anilines is 2. The molecule has 0 aliphatic heterocycles. The van der Waals surface area contributed by atoms with Crippen LogP contribution < -0.4 is 11.1 Å². The summed E-state index contributed by atoms with van der Waals surface area (Å²) in [7, 11) is 1.79. The van der Waals surface area contributed by atoms with Crippen molar-refractivity contribution in [3.63, 3.8) is 0 Å². The molecule has 1 amide bonds. The van der Waals surface area contributed by atoms with Crippen molar-refractivity contribution < 1.29 is 4.79 Å². The van der Waals surface area contributed by atoms with Gasteiger partial charge in [-0.25, -0.2) is 4.98 Å². The summed E-state index contributed by atoms with van der Waals surface area (Å²) in [5.74, 6) is 0.0567. The summed E-state index contributed by atoms with van der Waals surface area (Å²) in [5, 5.41) is 3.88. The second-order valence-electron chi connectivity index (χ2n) is 4.46. The fourth-order valence-corrected chi connectivity index (χ4v) is 2.74. The van der Waals surface area contributed by atoms with Gasteiger partial charge in [-0.1, -0.05) is 11.3 Å². The van der Waals surface area contributed by atoms with Gasteiger partial charge in [0.1, 0.15) is 6.04 Å². The number of likely N-dealkylation sites (N-methyl/N-ethyl adjacent to an activating group) is 1. The first-order valence-corrected chi connectivity index (χ1v) is 7.00. The van der Waals surface area contributed by atoms with Gasteiger partial charge in [-0.05, 0) is 32.0 Å². The summed E-state index contributed by atoms with van der Waals surface area (Å²) < 4.78 is 1.02. The van der Waals surface area contributed by atoms with E-state index in [1.807, 2.05) is 32.0 Å². The summed E-state index contributed by atoms with van der Waals surface area (Å²) in [6.07, 6.45) is 0. The van der Waals surface area contributed by atoms with Crippen LogP contribution in [0.4, 0.5) is 10.8 Å². The number of rotatable bonds is 4. The molecule has 1 aromatic carbocycles. The number of nitrogens with two attached hydrogens (primary N) is 1. The Labute approximate surface area is 116 Å². The zero-order valence-corrected chi connectivity index (χ0v) is 12.1. The highest BCUT2D eigenvalue weighted by atomic mass is 32.1. The van der Waals surface area contributed by atoms with Crippen LogP contribution in [0.1, 0.15) is 13.8 Å². The molecule has 0 bridgehead atoms. The van der Waals surface area contributed by atoms with E-state index in [0.717, 1.165) is 21.0 Å². The van der Waals surface area contributed by atoms with Gasteiger partial charge >= 0.3 is 0 Å². The minimum Gasteiger partial charge on any atom is -0.399 e. The van der Waals surface area contributed by atoms with Gasteiger partial charge in [0.05, 0.1) is 10.2 Å². The van der Waals surface area contributed by atoms with Gasteiger partial charge in [0, 0.05) is 19.3 Å². The number of thiazole rings is 1. The van der Waals surface area contributed by atoms with E-state index in [4.69, 9.17) is 5.73 Å². The van der Waals surface area contributed by atoms with Crippen molar-refractivity contribution in [2.75, 3.05) is 24.6 Å². The van der Waals surface area contributed by atoms with Crippen molar-refractivity contribution in [3.8, 4) is 0 Å². The minimum absolute atomic E-state index is 0.0567. The fourth-order valence-electron chi connectivity index (χ4n) is 1.74. The third-order valence-corrected chi connectivity index (χ3v) is 3.92. The van der Waals surface area contributed by atoms with Crippen molar-refractivity contribution in [2.45, 2.75) is 19.9 Å². The van der Waals surface area contributed by atoms with Crippen molar-refractivity contribution in [1.82, 2.24) is 9.88 Å². The third-order valence-electron chi connectivity index (χ3n) is 2.97. The summed E-state index contributed by atoms with van der Waals surface area (Å²) in [5.41, 5.74) is 7.35. The average Bonchev–Trinajstić information content (AvgIpc) is 2.77. The van der Waals surface area contributed by atoms with Crippen molar-refractivity contribution in [2.24, 2.45) is 0 Å². The Balaban J connectivity index is 2.15. The fraction of sp³-hybridized carbons (Fsp3) is 0.385. The molecule has 2 aromatic rings. The number of amides is 1. The Morgan fingerprint density at radius 3 is 3.00 bits per heavy atom. The third kappa shape index (κ3) is 2.96. The molecule has 102 valence electrons. The minimum atomic E-state index is -0.289. The maximum absolute atomic E-state index is 12.0. The molecule has 0 aliphatic carbocycles. The van der Waals surface area contributed by atoms with E-state index in [-0.39, 0.29) is 11.9 Å². The highest BCUT2D eigenvalue weighted by Crippen LogP contribution is 2.27. The largest absolute Gasteiger partial charge is 0.399 e. The Kier molecular flexibility index (Phi) is 3.90. The highest BCUT2D eigenvalue weighted by Gasteiger charge is 2.17. The lowest BCUT2D eigenvalue weighted by Crippen LogP contribution is -2.38. The Hall–Kier alpha value is -1.82. The van der Waals surface area contributed by atoms with E-state index in [0.29, 0.717) is 6.54 Å². The van der Waals surface area contributed by atoms with Crippen molar-refractivity contribution >= 4 is 38.3 Å². The Morgan fingerprint density at radius 1 is 1.58 bits per heavy atom. The summed E-state index contributed by atoms with van der Waals surface area (Å²) in [6, 6.07) is 5.31. The van der Waals surface area contributed by atoms with Crippen molar-refractivity contribution in [1.29, 1.82) is 0 Å². The topological polar surface area (TPSA) is 71.2 Å². The first-order valence-electron chi connectivity index (χ1n) is 6.19. The normalized spacial score (nSPS) is 12.4. The number of nitrogens with zero attached hydrogens (tertiary/aromatic N) is 2. The number of hydrogen-bond acceptors (Lipinski definition) is 5. The van der Waals surface area contributed by atoms with Crippen LogP contribution in [0.25, 0.3) is 10.2 Å². The van der Waals surface area contributed by atoms with Crippen LogP contribution in [-0.2, 0) is 4.79 Å². The predicted octanol–water partition coefficient (Wildman–Crippen LogP) is 2.16. The summed E-state index contributed by atoms with van der Waals surface area (Å²) in [4.78, 5) is 18.1. The maximum atomic E-state index is 12.0. The molecular weight excluding hydrogens is 260 g/mol. The van der Waals surface area contributed by atoms with E-state index >= 15 is 0 Å². The zero-order valence-electron chi connectivity index (χ0n) is 11.3. The van der Waals surface area contributed by atoms with Gasteiger partial charge < -0.3 is 16.0 Å². The maximum Gasteiger partial charge on any atom is 0.244 e. The predicted molar refractivity (Wildman–Crippen MR) is 80.4 cm³/mol. The van der Waals surface area contributed by atoms with Gasteiger partial charge in [0.25, 0.3) is 0 Å². The number of benzene rings is 1. The highest BCUT2D eigenvalue weighted by molar-refractivity contribution is 7.22. The number of carbonyl (C=O) groups excluding carboxylic acids is 1. The van der Waals surface area contributed by atoms with Crippen LogP contribution >= 0.6 is 11.3 Å². The number of nitrogens with one attached hydrogen (secondary N) is 1. The first kappa shape index (κ1) is 13.6. The lowest BCUT2D eigenvalue weighted by molar-refractivity contribution is -0.130. The number of fused-ring (bicyclic) bond motifs is 1. The van der Waals surface area contributed by atoms with Gasteiger partial charge in [-0.15, -0.1) is 0 Å². The van der Waals surface area contributed by atoms with Gasteiger partial charge in [-0.2, -0.15) is 0 Å². The molecule has 0 saturated carbocycles. The quantitative estimate of drug-likeness (QED) is 0.841. The van der Waals surface area contributed by atoms with Crippen LogP contribution in [0.15, 0.2) is 18.2 Å². The molecule has 2 rings (SSSR count). The smallest absolute Gasteiger partial charge is 0.244 e. The SMILES string of the molecule is CCN(C)C(=O)C(C)Nc1nc2ccc(N)cc2s1. The van der Waals surface area contributed by atoms with Crippen LogP contribution in [0.5, 0.6) is 0 Å². The van der Waals surface area contributed by atoms with Crippen molar-refractivity contribution in [3.05, 3.63) is 18.2 Å². The average molecular weight is 278 g/mol. The molecule has 1 heterocycles. The second kappa shape index (κ2) is 5.44. The lowest BCUT2D eigenvalue weighted by atomic mass is 10.3. The lowest BCUT2D eigenvalue weighted by Gasteiger charge is -2.20. The van der Waals surface area contributed by atoms with Gasteiger partial charge in [-0.3, -0.25) is 4.79 Å². The molecule has 0 aliphatic rings. The summed E-state index contributed by atoms with van der Waals surface area (Å²) in [6.45, 7) is 4.49. The zero-order chi connectivity index (χ0) is 14.0. The molecule has 0 saturated heterocycles. The van der Waals surface area contributed by atoms with E-state index in [1.165, 1.54) is 11.3 Å². The van der Waals surface area contributed by atoms with E-state index in [9.17, 15) is 4.79 Å². The van der Waals surface area contributed by atoms with Crippen LogP contribution in [0.2, 0.25) is 0 Å². The first-order chi connectivity index (χ1) is 9.01. The van der Waals surface area contributed by atoms with E-state index < -0.39 is 0 Å². The monoisotopic (exact) mass is 278 g/mol. The molecule has 0 radical (unpaired) electrons. The molecular formula is C13H18N4OS. The van der Waals surface area contributed by atoms with E-state index in [1.54, 1.807) is 11.9 Å². The summed E-state index contributed by atoms with van der Waals surface area (Å²) >= 11 is 1.50. The van der Waals surface area contributed by atoms with Crippen LogP contribution in [-0.4, -0.2) is 35.4 Å². The van der Waals surface area contributed by atoms with Gasteiger partial charge in [0.15, 0.2) is 5.13 Å². The Bertz CT molecular complexity index is 595. The molecule has 6 heteroatoms. The number of nitrogen functional groups attached to an aromatic ring is 1. The molecule has 5 nitrogen and oxygen atoms in total. The van der Waals surface area contributed by atoms with Crippen LogP contribution in [0, 0.1) is 0 Å². The molecule has 1 unspecified atom stereocenters. The molecule has 1 aromatic heterocycles. The van der Waals surface area contributed by atoms with E-state index in [2.05, 4.69) is 10.3 Å². The Morgan fingerprint density at radius 2 is 2.32 bits per heavy atom. The number of hydrogen-bond donors (Lipinski definition) is 2. The standard InChI is InChI=1S/C13H18N4OS/c1-4-17(3)12(18)8(2)15-13-16-10-6-5-9(14)7-11(10)19-13/h5-8H,4,14H2,1-3H3,(H,15,16). The number of carbonyl (C=O) groups is 1. The second-order valence-corrected chi connectivity index (χ2v) is 5.50. The molecule has 3 N–H and O–H groups in total. The molecule has 1 atom stereocenters. The molecule has 0 fully saturated rings. The van der Waals surface area contributed by atoms with Gasteiger partial charge in [0.2, 0.25) is 5.91 Å².